The van der Waals surface area contributed by atoms with Crippen LogP contribution in [0.4, 0.5) is 5.69 Å². The van der Waals surface area contributed by atoms with Crippen molar-refractivity contribution in [2.24, 2.45) is 0 Å². The Morgan fingerprint density at radius 3 is 2.55 bits per heavy atom. The molecule has 1 aromatic heterocycles. The van der Waals surface area contributed by atoms with Crippen LogP contribution in [0.5, 0.6) is 0 Å². The number of benzene rings is 2. The highest BCUT2D eigenvalue weighted by atomic mass is 15.1. The number of aryl methyl sites for hydroxylation is 1. The molecule has 2 aromatic carbocycles. The van der Waals surface area contributed by atoms with Crippen molar-refractivity contribution in [1.29, 1.82) is 0 Å². The third kappa shape index (κ3) is 2.29. The number of anilines is 1. The molecular weight excluding hydrogens is 244 g/mol. The van der Waals surface area contributed by atoms with Crippen molar-refractivity contribution < 1.29 is 0 Å². The van der Waals surface area contributed by atoms with Crippen molar-refractivity contribution >= 4 is 16.6 Å². The second kappa shape index (κ2) is 5.04. The second-order valence-corrected chi connectivity index (χ2v) is 5.54. The SMILES string of the molecule is Cc1cc(N(C)C)ccc1Cc1c[nH]c2ccccc12. The molecule has 20 heavy (non-hydrogen) atoms. The maximum atomic E-state index is 3.35. The highest BCUT2D eigenvalue weighted by molar-refractivity contribution is 5.83. The van der Waals surface area contributed by atoms with Crippen molar-refractivity contribution in [3.8, 4) is 0 Å². The smallest absolute Gasteiger partial charge is 0.0456 e. The van der Waals surface area contributed by atoms with Gasteiger partial charge in [0, 0.05) is 36.9 Å². The molecule has 0 saturated carbocycles. The minimum Gasteiger partial charge on any atom is -0.378 e. The molecule has 0 bridgehead atoms. The Hall–Kier alpha value is -2.22. The number of hydrogen-bond acceptors (Lipinski definition) is 1. The van der Waals surface area contributed by atoms with Gasteiger partial charge in [0.05, 0.1) is 0 Å². The zero-order valence-electron chi connectivity index (χ0n) is 12.3. The van der Waals surface area contributed by atoms with Gasteiger partial charge in [-0.3, -0.25) is 0 Å². The van der Waals surface area contributed by atoms with Crippen LogP contribution >= 0.6 is 0 Å². The zero-order valence-corrected chi connectivity index (χ0v) is 12.3. The third-order valence-corrected chi connectivity index (χ3v) is 3.90. The van der Waals surface area contributed by atoms with Crippen molar-refractivity contribution in [2.45, 2.75) is 13.3 Å². The van der Waals surface area contributed by atoms with Crippen LogP contribution in [0.2, 0.25) is 0 Å². The van der Waals surface area contributed by atoms with Gasteiger partial charge in [-0.15, -0.1) is 0 Å². The monoisotopic (exact) mass is 264 g/mol. The molecule has 3 aromatic rings. The number of fused-ring (bicyclic) bond motifs is 1. The zero-order chi connectivity index (χ0) is 14.1. The average molecular weight is 264 g/mol. The Balaban J connectivity index is 1.95. The number of nitrogens with one attached hydrogen (secondary N) is 1. The van der Waals surface area contributed by atoms with Crippen molar-refractivity contribution in [2.75, 3.05) is 19.0 Å². The maximum Gasteiger partial charge on any atom is 0.0456 e. The van der Waals surface area contributed by atoms with Crippen LogP contribution in [0.3, 0.4) is 0 Å². The normalized spacial score (nSPS) is 10.9. The average Bonchev–Trinajstić information content (AvgIpc) is 2.84. The summed E-state index contributed by atoms with van der Waals surface area (Å²) in [5.74, 6) is 0. The fourth-order valence-electron chi connectivity index (χ4n) is 2.64. The standard InChI is InChI=1S/C18H20N2/c1-13-10-16(20(2)3)9-8-14(13)11-15-12-19-18-7-5-4-6-17(15)18/h4-10,12,19H,11H2,1-3H3. The molecule has 0 amide bonds. The van der Waals surface area contributed by atoms with Crippen LogP contribution < -0.4 is 4.90 Å². The second-order valence-electron chi connectivity index (χ2n) is 5.54. The van der Waals surface area contributed by atoms with Gasteiger partial charge in [0.2, 0.25) is 0 Å². The fourth-order valence-corrected chi connectivity index (χ4v) is 2.64. The molecule has 1 heterocycles. The first-order chi connectivity index (χ1) is 9.65. The van der Waals surface area contributed by atoms with Crippen LogP contribution in [0.15, 0.2) is 48.7 Å². The lowest BCUT2D eigenvalue weighted by molar-refractivity contribution is 1.11. The molecular formula is C18H20N2. The fraction of sp³-hybridized carbons (Fsp3) is 0.222. The highest BCUT2D eigenvalue weighted by Crippen LogP contribution is 2.24. The van der Waals surface area contributed by atoms with Crippen molar-refractivity contribution in [1.82, 2.24) is 4.98 Å². The number of aromatic amines is 1. The predicted molar refractivity (Wildman–Crippen MR) is 86.6 cm³/mol. The summed E-state index contributed by atoms with van der Waals surface area (Å²) < 4.78 is 0. The van der Waals surface area contributed by atoms with E-state index in [4.69, 9.17) is 0 Å². The Morgan fingerprint density at radius 2 is 1.80 bits per heavy atom. The number of aromatic nitrogens is 1. The van der Waals surface area contributed by atoms with Crippen molar-refractivity contribution in [3.05, 3.63) is 65.4 Å². The molecule has 102 valence electrons. The van der Waals surface area contributed by atoms with E-state index in [2.05, 4.69) is 79.6 Å². The van der Waals surface area contributed by atoms with Gasteiger partial charge in [-0.2, -0.15) is 0 Å². The third-order valence-electron chi connectivity index (χ3n) is 3.90. The lowest BCUT2D eigenvalue weighted by atomic mass is 9.99. The highest BCUT2D eigenvalue weighted by Gasteiger charge is 2.07. The Bertz CT molecular complexity index is 738. The van der Waals surface area contributed by atoms with Crippen LogP contribution in [-0.2, 0) is 6.42 Å². The number of rotatable bonds is 3. The first-order valence-electron chi connectivity index (χ1n) is 6.97. The van der Waals surface area contributed by atoms with E-state index in [1.54, 1.807) is 0 Å². The van der Waals surface area contributed by atoms with E-state index < -0.39 is 0 Å². The van der Waals surface area contributed by atoms with Gasteiger partial charge in [0.15, 0.2) is 0 Å². The summed E-state index contributed by atoms with van der Waals surface area (Å²) in [4.78, 5) is 5.49. The van der Waals surface area contributed by atoms with Crippen LogP contribution in [-0.4, -0.2) is 19.1 Å². The minimum absolute atomic E-state index is 0.976. The lowest BCUT2D eigenvalue weighted by Gasteiger charge is -2.15. The van der Waals surface area contributed by atoms with Gasteiger partial charge in [0.1, 0.15) is 0 Å². The quantitative estimate of drug-likeness (QED) is 0.753. The topological polar surface area (TPSA) is 19.0 Å². The molecule has 0 unspecified atom stereocenters. The molecule has 0 fully saturated rings. The van der Waals surface area contributed by atoms with E-state index in [-0.39, 0.29) is 0 Å². The Kier molecular flexibility index (Phi) is 3.23. The number of hydrogen-bond donors (Lipinski definition) is 1. The number of para-hydroxylation sites is 1. The van der Waals surface area contributed by atoms with E-state index in [9.17, 15) is 0 Å². The molecule has 3 rings (SSSR count). The summed E-state index contributed by atoms with van der Waals surface area (Å²) in [5.41, 5.74) is 6.57. The molecule has 2 heteroatoms. The maximum absolute atomic E-state index is 3.35. The summed E-state index contributed by atoms with van der Waals surface area (Å²) in [7, 11) is 4.15. The molecule has 0 saturated heterocycles. The molecule has 1 N–H and O–H groups in total. The summed E-state index contributed by atoms with van der Waals surface area (Å²) in [6, 6.07) is 15.2. The van der Waals surface area contributed by atoms with Gasteiger partial charge in [-0.1, -0.05) is 24.3 Å². The summed E-state index contributed by atoms with van der Waals surface area (Å²) >= 11 is 0. The molecule has 0 aliphatic rings. The Morgan fingerprint density at radius 1 is 1.00 bits per heavy atom. The number of H-pyrrole nitrogens is 1. The van der Waals surface area contributed by atoms with E-state index in [1.165, 1.54) is 33.3 Å². The van der Waals surface area contributed by atoms with Gasteiger partial charge in [0.25, 0.3) is 0 Å². The molecule has 0 aliphatic carbocycles. The largest absolute Gasteiger partial charge is 0.378 e. The van der Waals surface area contributed by atoms with Crippen LogP contribution in [0.25, 0.3) is 10.9 Å². The van der Waals surface area contributed by atoms with Gasteiger partial charge in [-0.05, 0) is 48.2 Å². The lowest BCUT2D eigenvalue weighted by Crippen LogP contribution is -2.09. The molecule has 0 spiro atoms. The number of nitrogens with zero attached hydrogens (tertiary/aromatic N) is 1. The van der Waals surface area contributed by atoms with E-state index in [1.807, 2.05) is 0 Å². The van der Waals surface area contributed by atoms with Crippen LogP contribution in [0, 0.1) is 6.92 Å². The van der Waals surface area contributed by atoms with E-state index >= 15 is 0 Å². The van der Waals surface area contributed by atoms with E-state index in [0.717, 1.165) is 6.42 Å². The van der Waals surface area contributed by atoms with Gasteiger partial charge in [-0.25, -0.2) is 0 Å². The summed E-state index contributed by atoms with van der Waals surface area (Å²) in [6.45, 7) is 2.19. The predicted octanol–water partition coefficient (Wildman–Crippen LogP) is 4.13. The molecule has 0 aliphatic heterocycles. The summed E-state index contributed by atoms with van der Waals surface area (Å²) in [5, 5.41) is 1.32. The van der Waals surface area contributed by atoms with Crippen LogP contribution in [0.1, 0.15) is 16.7 Å². The Labute approximate surface area is 120 Å². The van der Waals surface area contributed by atoms with Gasteiger partial charge < -0.3 is 9.88 Å². The minimum atomic E-state index is 0.976. The van der Waals surface area contributed by atoms with E-state index in [0.29, 0.717) is 0 Å². The summed E-state index contributed by atoms with van der Waals surface area (Å²) in [6.07, 6.45) is 3.10. The molecule has 0 radical (unpaired) electrons. The first-order valence-corrected chi connectivity index (χ1v) is 6.97. The first kappa shape index (κ1) is 12.8. The molecule has 0 atom stereocenters. The molecule has 2 nitrogen and oxygen atoms in total. The van der Waals surface area contributed by atoms with Gasteiger partial charge >= 0.3 is 0 Å². The van der Waals surface area contributed by atoms with Crippen molar-refractivity contribution in [3.63, 3.8) is 0 Å².